The van der Waals surface area contributed by atoms with Crippen LogP contribution in [0.15, 0.2) is 23.1 Å². The molecule has 3 rings (SSSR count). The van der Waals surface area contributed by atoms with Crippen LogP contribution >= 0.6 is 0 Å². The Bertz CT molecular complexity index is 636. The molecule has 1 aliphatic heterocycles. The van der Waals surface area contributed by atoms with Crippen LogP contribution in [-0.2, 0) is 10.0 Å². The molecule has 0 amide bonds. The summed E-state index contributed by atoms with van der Waals surface area (Å²) in [7, 11) is -4.07. The second-order valence-electron chi connectivity index (χ2n) is 5.82. The molecule has 1 saturated heterocycles. The lowest BCUT2D eigenvalue weighted by Gasteiger charge is -2.44. The van der Waals surface area contributed by atoms with Crippen LogP contribution in [0.3, 0.4) is 0 Å². The van der Waals surface area contributed by atoms with Crippen molar-refractivity contribution in [3.05, 3.63) is 29.8 Å². The molecule has 3 atom stereocenters. The number of hydrogen-bond acceptors (Lipinski definition) is 3. The van der Waals surface area contributed by atoms with Crippen LogP contribution < -0.4 is 0 Å². The number of piperidine rings is 1. The second kappa shape index (κ2) is 5.30. The van der Waals surface area contributed by atoms with E-state index in [2.05, 4.69) is 0 Å². The molecular formula is C14H17F2NO3S. The van der Waals surface area contributed by atoms with Gasteiger partial charge in [0.1, 0.15) is 4.90 Å². The maximum Gasteiger partial charge on any atom is 0.246 e. The molecule has 21 heavy (non-hydrogen) atoms. The average molecular weight is 317 g/mol. The van der Waals surface area contributed by atoms with Gasteiger partial charge < -0.3 is 5.11 Å². The number of sulfonamides is 1. The molecular weight excluding hydrogens is 300 g/mol. The smallest absolute Gasteiger partial charge is 0.246 e. The van der Waals surface area contributed by atoms with Gasteiger partial charge in [0.25, 0.3) is 0 Å². The van der Waals surface area contributed by atoms with E-state index in [-0.39, 0.29) is 24.9 Å². The Kier molecular flexibility index (Phi) is 3.75. The van der Waals surface area contributed by atoms with Gasteiger partial charge in [-0.2, -0.15) is 4.31 Å². The minimum Gasteiger partial charge on any atom is -0.392 e. The van der Waals surface area contributed by atoms with Gasteiger partial charge in [-0.05, 0) is 36.8 Å². The van der Waals surface area contributed by atoms with Gasteiger partial charge in [0.05, 0.1) is 6.10 Å². The number of aliphatic hydroxyl groups excluding tert-OH is 1. The Balaban J connectivity index is 1.94. The van der Waals surface area contributed by atoms with Crippen LogP contribution in [0, 0.1) is 23.5 Å². The van der Waals surface area contributed by atoms with Crippen molar-refractivity contribution in [1.29, 1.82) is 0 Å². The number of aliphatic hydroxyl groups is 1. The first-order valence-electron chi connectivity index (χ1n) is 7.03. The zero-order valence-corrected chi connectivity index (χ0v) is 12.2. The zero-order valence-electron chi connectivity index (χ0n) is 11.4. The number of halogens is 2. The van der Waals surface area contributed by atoms with E-state index in [1.807, 2.05) is 0 Å². The highest BCUT2D eigenvalue weighted by Gasteiger charge is 2.43. The van der Waals surface area contributed by atoms with Gasteiger partial charge in [0.2, 0.25) is 10.0 Å². The topological polar surface area (TPSA) is 57.6 Å². The maximum atomic E-state index is 13.8. The third kappa shape index (κ3) is 2.47. The monoisotopic (exact) mass is 317 g/mol. The van der Waals surface area contributed by atoms with Crippen molar-refractivity contribution >= 4 is 10.0 Å². The summed E-state index contributed by atoms with van der Waals surface area (Å²) in [5.74, 6) is -2.75. The molecule has 2 fully saturated rings. The Labute approximate surface area is 122 Å². The fourth-order valence-corrected chi connectivity index (χ4v) is 5.01. The van der Waals surface area contributed by atoms with E-state index in [0.29, 0.717) is 0 Å². The summed E-state index contributed by atoms with van der Waals surface area (Å²) in [6.07, 6.45) is 1.99. The summed E-state index contributed by atoms with van der Waals surface area (Å²) < 4.78 is 53.3. The van der Waals surface area contributed by atoms with E-state index in [1.165, 1.54) is 10.4 Å². The number of benzene rings is 1. The SMILES string of the molecule is O=S(=O)(c1cccc(F)c1F)N1C[C@H]2CCC[C@@H](C1)C2O. The first kappa shape index (κ1) is 14.9. The third-order valence-electron chi connectivity index (χ3n) is 4.53. The lowest BCUT2D eigenvalue weighted by Crippen LogP contribution is -2.53. The van der Waals surface area contributed by atoms with E-state index < -0.39 is 32.7 Å². The van der Waals surface area contributed by atoms with E-state index in [1.54, 1.807) is 0 Å². The van der Waals surface area contributed by atoms with E-state index >= 15 is 0 Å². The number of rotatable bonds is 2. The van der Waals surface area contributed by atoms with Gasteiger partial charge >= 0.3 is 0 Å². The lowest BCUT2D eigenvalue weighted by molar-refractivity contribution is -0.0270. The summed E-state index contributed by atoms with van der Waals surface area (Å²) in [5, 5.41) is 10.1. The summed E-state index contributed by atoms with van der Waals surface area (Å²) in [6, 6.07) is 3.16. The standard InChI is InChI=1S/C14H17F2NO3S/c15-11-5-2-6-12(13(11)16)21(19,20)17-7-9-3-1-4-10(8-17)14(9)18/h2,5-6,9-10,14,18H,1,3-4,7-8H2/t9-,10+,14?. The highest BCUT2D eigenvalue weighted by Crippen LogP contribution is 2.37. The first-order chi connectivity index (χ1) is 9.91. The Morgan fingerprint density at radius 3 is 2.38 bits per heavy atom. The molecule has 1 saturated carbocycles. The molecule has 2 bridgehead atoms. The fourth-order valence-electron chi connectivity index (χ4n) is 3.38. The molecule has 4 nitrogen and oxygen atoms in total. The molecule has 116 valence electrons. The minimum atomic E-state index is -4.07. The lowest BCUT2D eigenvalue weighted by atomic mass is 9.76. The summed E-state index contributed by atoms with van der Waals surface area (Å²) in [4.78, 5) is -0.628. The van der Waals surface area contributed by atoms with Crippen molar-refractivity contribution in [3.8, 4) is 0 Å². The summed E-state index contributed by atoms with van der Waals surface area (Å²) >= 11 is 0. The van der Waals surface area contributed by atoms with Gasteiger partial charge in [-0.1, -0.05) is 12.5 Å². The highest BCUT2D eigenvalue weighted by molar-refractivity contribution is 7.89. The fraction of sp³-hybridized carbons (Fsp3) is 0.571. The van der Waals surface area contributed by atoms with Crippen LogP contribution in [0.1, 0.15) is 19.3 Å². The van der Waals surface area contributed by atoms with Crippen LogP contribution in [0.5, 0.6) is 0 Å². The molecule has 1 unspecified atom stereocenters. The molecule has 0 aromatic heterocycles. The van der Waals surface area contributed by atoms with Crippen LogP contribution in [0.4, 0.5) is 8.78 Å². The van der Waals surface area contributed by atoms with Gasteiger partial charge in [0.15, 0.2) is 11.6 Å². The Morgan fingerprint density at radius 2 is 1.76 bits per heavy atom. The quantitative estimate of drug-likeness (QED) is 0.904. The maximum absolute atomic E-state index is 13.8. The van der Waals surface area contributed by atoms with Gasteiger partial charge in [-0.25, -0.2) is 17.2 Å². The largest absolute Gasteiger partial charge is 0.392 e. The number of fused-ring (bicyclic) bond motifs is 2. The zero-order chi connectivity index (χ0) is 15.2. The van der Waals surface area contributed by atoms with Crippen LogP contribution in [-0.4, -0.2) is 37.0 Å². The Hall–Kier alpha value is -1.05. The number of hydrogen-bond donors (Lipinski definition) is 1. The van der Waals surface area contributed by atoms with Crippen molar-refractivity contribution in [3.63, 3.8) is 0 Å². The molecule has 0 spiro atoms. The third-order valence-corrected chi connectivity index (χ3v) is 6.38. The van der Waals surface area contributed by atoms with E-state index in [4.69, 9.17) is 0 Å². The van der Waals surface area contributed by atoms with Crippen molar-refractivity contribution < 1.29 is 22.3 Å². The highest BCUT2D eigenvalue weighted by atomic mass is 32.2. The molecule has 7 heteroatoms. The van der Waals surface area contributed by atoms with Crippen LogP contribution in [0.25, 0.3) is 0 Å². The predicted octanol–water partition coefficient (Wildman–Crippen LogP) is 1.75. The molecule has 2 aliphatic rings. The van der Waals surface area contributed by atoms with Crippen molar-refractivity contribution in [2.75, 3.05) is 13.1 Å². The van der Waals surface area contributed by atoms with Gasteiger partial charge in [-0.3, -0.25) is 0 Å². The molecule has 1 N–H and O–H groups in total. The van der Waals surface area contributed by atoms with Gasteiger partial charge in [0, 0.05) is 13.1 Å². The van der Waals surface area contributed by atoms with E-state index in [9.17, 15) is 22.3 Å². The predicted molar refractivity (Wildman–Crippen MR) is 72.0 cm³/mol. The Morgan fingerprint density at radius 1 is 1.14 bits per heavy atom. The summed E-state index contributed by atoms with van der Waals surface area (Å²) in [5.41, 5.74) is 0. The van der Waals surface area contributed by atoms with Crippen molar-refractivity contribution in [2.24, 2.45) is 11.8 Å². The average Bonchev–Trinajstić information content (AvgIpc) is 2.41. The van der Waals surface area contributed by atoms with Gasteiger partial charge in [-0.15, -0.1) is 0 Å². The molecule has 1 aromatic carbocycles. The minimum absolute atomic E-state index is 0.121. The normalized spacial score (nSPS) is 30.3. The first-order valence-corrected chi connectivity index (χ1v) is 8.47. The van der Waals surface area contributed by atoms with Crippen molar-refractivity contribution in [2.45, 2.75) is 30.3 Å². The van der Waals surface area contributed by atoms with Crippen molar-refractivity contribution in [1.82, 2.24) is 4.31 Å². The van der Waals surface area contributed by atoms with E-state index in [0.717, 1.165) is 31.4 Å². The second-order valence-corrected chi connectivity index (χ2v) is 7.72. The summed E-state index contributed by atoms with van der Waals surface area (Å²) in [6.45, 7) is 0.325. The molecule has 1 heterocycles. The number of nitrogens with zero attached hydrogens (tertiary/aromatic N) is 1. The molecule has 1 aliphatic carbocycles. The van der Waals surface area contributed by atoms with Crippen LogP contribution in [0.2, 0.25) is 0 Å². The molecule has 0 radical (unpaired) electrons. The molecule has 1 aromatic rings.